The number of esters is 1. The molecular formula is C14H19BrO3. The zero-order valence-corrected chi connectivity index (χ0v) is 12.8. The van der Waals surface area contributed by atoms with Crippen LogP contribution in [0, 0.1) is 6.92 Å². The lowest BCUT2D eigenvalue weighted by molar-refractivity contribution is -0.140. The van der Waals surface area contributed by atoms with Gasteiger partial charge in [-0.15, -0.1) is 0 Å². The van der Waals surface area contributed by atoms with Crippen LogP contribution < -0.4 is 4.74 Å². The number of carbonyl (C=O) groups excluding carboxylic acids is 1. The molecule has 0 aliphatic heterocycles. The number of methoxy groups -OCH3 is 1. The summed E-state index contributed by atoms with van der Waals surface area (Å²) in [5.74, 6) is 0.939. The molecule has 0 heterocycles. The fourth-order valence-corrected chi connectivity index (χ4v) is 2.07. The summed E-state index contributed by atoms with van der Waals surface area (Å²) in [5, 5.41) is 0. The van der Waals surface area contributed by atoms with E-state index in [1.54, 1.807) is 0 Å². The zero-order chi connectivity index (χ0) is 13.7. The molecule has 0 saturated heterocycles. The molecule has 0 radical (unpaired) electrons. The van der Waals surface area contributed by atoms with Crippen molar-refractivity contribution in [2.75, 3.05) is 13.7 Å². The summed E-state index contributed by atoms with van der Waals surface area (Å²) in [6.07, 6.45) is 0. The van der Waals surface area contributed by atoms with Crippen molar-refractivity contribution < 1.29 is 14.3 Å². The van der Waals surface area contributed by atoms with Gasteiger partial charge in [-0.1, -0.05) is 35.8 Å². The highest BCUT2D eigenvalue weighted by Gasteiger charge is 2.16. The van der Waals surface area contributed by atoms with Crippen molar-refractivity contribution in [3.8, 4) is 5.75 Å². The van der Waals surface area contributed by atoms with Gasteiger partial charge in [-0.2, -0.15) is 0 Å². The zero-order valence-electron chi connectivity index (χ0n) is 11.2. The number of halogens is 1. The molecule has 0 N–H and O–H groups in total. The van der Waals surface area contributed by atoms with Gasteiger partial charge in [0.25, 0.3) is 0 Å². The third-order valence-electron chi connectivity index (χ3n) is 2.72. The Morgan fingerprint density at radius 1 is 1.39 bits per heavy atom. The average Bonchev–Trinajstić information content (AvgIpc) is 2.34. The number of rotatable bonds is 5. The van der Waals surface area contributed by atoms with Gasteiger partial charge in [0.05, 0.1) is 7.11 Å². The SMILES string of the molecule is COC(=O)C(Br)COc1ccc(C(C)C)c(C)c1. The topological polar surface area (TPSA) is 35.5 Å². The number of benzene rings is 1. The standard InChI is InChI=1S/C14H19BrO3/c1-9(2)12-6-5-11(7-10(12)3)18-8-13(15)14(16)17-4/h5-7,9,13H,8H2,1-4H3. The predicted octanol–water partition coefficient (Wildman–Crippen LogP) is 3.43. The van der Waals surface area contributed by atoms with E-state index >= 15 is 0 Å². The molecule has 0 aliphatic carbocycles. The average molecular weight is 315 g/mol. The van der Waals surface area contributed by atoms with Crippen molar-refractivity contribution in [1.29, 1.82) is 0 Å². The van der Waals surface area contributed by atoms with E-state index in [4.69, 9.17) is 4.74 Å². The molecule has 1 unspecified atom stereocenters. The molecule has 100 valence electrons. The summed E-state index contributed by atoms with van der Waals surface area (Å²) < 4.78 is 10.2. The fourth-order valence-electron chi connectivity index (χ4n) is 1.75. The normalized spacial score (nSPS) is 12.3. The maximum absolute atomic E-state index is 11.2. The molecule has 0 bridgehead atoms. The van der Waals surface area contributed by atoms with Crippen LogP contribution in [0.25, 0.3) is 0 Å². The third-order valence-corrected chi connectivity index (χ3v) is 3.35. The molecule has 0 fully saturated rings. The summed E-state index contributed by atoms with van der Waals surface area (Å²) in [5.41, 5.74) is 2.51. The number of hydrogen-bond donors (Lipinski definition) is 0. The monoisotopic (exact) mass is 314 g/mol. The van der Waals surface area contributed by atoms with E-state index in [9.17, 15) is 4.79 Å². The minimum absolute atomic E-state index is 0.257. The maximum Gasteiger partial charge on any atom is 0.322 e. The molecule has 1 atom stereocenters. The highest BCUT2D eigenvalue weighted by molar-refractivity contribution is 9.10. The van der Waals surface area contributed by atoms with Crippen LogP contribution in [-0.2, 0) is 9.53 Å². The van der Waals surface area contributed by atoms with Crippen molar-refractivity contribution in [1.82, 2.24) is 0 Å². The lowest BCUT2D eigenvalue weighted by Gasteiger charge is -2.13. The number of carbonyl (C=O) groups is 1. The third kappa shape index (κ3) is 4.02. The fraction of sp³-hybridized carbons (Fsp3) is 0.500. The summed E-state index contributed by atoms with van der Waals surface area (Å²) in [6, 6.07) is 5.99. The van der Waals surface area contributed by atoms with Gasteiger partial charge in [0.15, 0.2) is 0 Å². The first-order chi connectivity index (χ1) is 8.45. The van der Waals surface area contributed by atoms with Crippen molar-refractivity contribution in [3.05, 3.63) is 29.3 Å². The second-order valence-electron chi connectivity index (χ2n) is 4.47. The Morgan fingerprint density at radius 2 is 2.06 bits per heavy atom. The smallest absolute Gasteiger partial charge is 0.322 e. The maximum atomic E-state index is 11.2. The van der Waals surface area contributed by atoms with Gasteiger partial charge in [0.2, 0.25) is 0 Å². The summed E-state index contributed by atoms with van der Waals surface area (Å²) in [6.45, 7) is 6.64. The first-order valence-electron chi connectivity index (χ1n) is 5.91. The Kier molecular flexibility index (Phi) is 5.66. The number of aryl methyl sites for hydroxylation is 1. The van der Waals surface area contributed by atoms with Crippen LogP contribution in [-0.4, -0.2) is 24.5 Å². The van der Waals surface area contributed by atoms with Crippen molar-refractivity contribution in [3.63, 3.8) is 0 Å². The summed E-state index contributed by atoms with van der Waals surface area (Å²) in [4.78, 5) is 10.8. The van der Waals surface area contributed by atoms with E-state index in [2.05, 4.69) is 47.5 Å². The lowest BCUT2D eigenvalue weighted by Crippen LogP contribution is -2.22. The molecule has 1 rings (SSSR count). The highest BCUT2D eigenvalue weighted by Crippen LogP contribution is 2.23. The quantitative estimate of drug-likeness (QED) is 0.617. The Morgan fingerprint density at radius 3 is 2.56 bits per heavy atom. The molecule has 4 heteroatoms. The first kappa shape index (κ1) is 15.0. The second kappa shape index (κ2) is 6.78. The van der Waals surface area contributed by atoms with Gasteiger partial charge in [-0.05, 0) is 36.1 Å². The lowest BCUT2D eigenvalue weighted by atomic mass is 9.98. The van der Waals surface area contributed by atoms with Gasteiger partial charge in [0.1, 0.15) is 17.2 Å². The van der Waals surface area contributed by atoms with Gasteiger partial charge in [-0.25, -0.2) is 0 Å². The highest BCUT2D eigenvalue weighted by atomic mass is 79.9. The Hall–Kier alpha value is -1.03. The molecule has 0 saturated carbocycles. The van der Waals surface area contributed by atoms with Crippen LogP contribution in [0.3, 0.4) is 0 Å². The molecule has 3 nitrogen and oxygen atoms in total. The van der Waals surface area contributed by atoms with E-state index in [0.29, 0.717) is 5.92 Å². The molecule has 1 aromatic rings. The number of ether oxygens (including phenoxy) is 2. The Labute approximate surface area is 117 Å². The van der Waals surface area contributed by atoms with Gasteiger partial charge >= 0.3 is 5.97 Å². The first-order valence-corrected chi connectivity index (χ1v) is 6.82. The summed E-state index contributed by atoms with van der Waals surface area (Å²) >= 11 is 3.22. The predicted molar refractivity (Wildman–Crippen MR) is 75.5 cm³/mol. The molecule has 0 aromatic heterocycles. The van der Waals surface area contributed by atoms with Crippen LogP contribution in [0.2, 0.25) is 0 Å². The second-order valence-corrected chi connectivity index (χ2v) is 5.58. The van der Waals surface area contributed by atoms with Crippen molar-refractivity contribution >= 4 is 21.9 Å². The summed E-state index contributed by atoms with van der Waals surface area (Å²) in [7, 11) is 1.36. The largest absolute Gasteiger partial charge is 0.492 e. The number of hydrogen-bond acceptors (Lipinski definition) is 3. The van der Waals surface area contributed by atoms with Gasteiger partial charge in [-0.3, -0.25) is 4.79 Å². The molecule has 1 aromatic carbocycles. The van der Waals surface area contributed by atoms with Gasteiger partial charge in [0, 0.05) is 0 Å². The molecule has 0 amide bonds. The van der Waals surface area contributed by atoms with Crippen LogP contribution in [0.5, 0.6) is 5.75 Å². The van der Waals surface area contributed by atoms with E-state index in [1.165, 1.54) is 18.2 Å². The molecule has 0 aliphatic rings. The number of alkyl halides is 1. The van der Waals surface area contributed by atoms with Crippen LogP contribution >= 0.6 is 15.9 Å². The van der Waals surface area contributed by atoms with Crippen LogP contribution in [0.4, 0.5) is 0 Å². The molecule has 0 spiro atoms. The van der Waals surface area contributed by atoms with Gasteiger partial charge < -0.3 is 9.47 Å². The van der Waals surface area contributed by atoms with Crippen molar-refractivity contribution in [2.45, 2.75) is 31.5 Å². The van der Waals surface area contributed by atoms with Crippen molar-refractivity contribution in [2.24, 2.45) is 0 Å². The molecular weight excluding hydrogens is 296 g/mol. The van der Waals surface area contributed by atoms with E-state index < -0.39 is 4.83 Å². The Balaban J connectivity index is 2.64. The van der Waals surface area contributed by atoms with Crippen LogP contribution in [0.1, 0.15) is 30.9 Å². The Bertz CT molecular complexity index is 416. The minimum atomic E-state index is -0.437. The van der Waals surface area contributed by atoms with E-state index in [1.807, 2.05) is 12.1 Å². The van der Waals surface area contributed by atoms with E-state index in [0.717, 1.165) is 5.75 Å². The molecule has 18 heavy (non-hydrogen) atoms. The van der Waals surface area contributed by atoms with Crippen LogP contribution in [0.15, 0.2) is 18.2 Å². The minimum Gasteiger partial charge on any atom is -0.492 e. The van der Waals surface area contributed by atoms with E-state index in [-0.39, 0.29) is 12.6 Å².